The third-order valence-corrected chi connectivity index (χ3v) is 4.78. The summed E-state index contributed by atoms with van der Waals surface area (Å²) in [7, 11) is 1.57. The molecule has 5 nitrogen and oxygen atoms in total. The quantitative estimate of drug-likeness (QED) is 0.630. The van der Waals surface area contributed by atoms with Crippen LogP contribution in [0.1, 0.15) is 6.42 Å². The maximum atomic E-state index is 11.6. The highest BCUT2D eigenvalue weighted by molar-refractivity contribution is 8.14. The lowest BCUT2D eigenvalue weighted by molar-refractivity contribution is 0.142. The molecular formula is C13H11Cl2NO4S. The van der Waals surface area contributed by atoms with E-state index in [0.717, 1.165) is 6.42 Å². The molecule has 3 rings (SSSR count). The van der Waals surface area contributed by atoms with Gasteiger partial charge < -0.3 is 9.47 Å². The summed E-state index contributed by atoms with van der Waals surface area (Å²) < 4.78 is 34.3. The largest absolute Gasteiger partial charge is 0.486 e. The number of benzene rings is 1. The lowest BCUT2D eigenvalue weighted by atomic mass is 10.2. The van der Waals surface area contributed by atoms with Crippen molar-refractivity contribution in [3.05, 3.63) is 29.4 Å². The van der Waals surface area contributed by atoms with E-state index in [2.05, 4.69) is 4.98 Å². The van der Waals surface area contributed by atoms with E-state index >= 15 is 0 Å². The monoisotopic (exact) mass is 347 g/mol. The van der Waals surface area contributed by atoms with Gasteiger partial charge in [0, 0.05) is 22.5 Å². The van der Waals surface area contributed by atoms with Crippen molar-refractivity contribution in [3.63, 3.8) is 0 Å². The van der Waals surface area contributed by atoms with Crippen LogP contribution in [0.25, 0.3) is 10.9 Å². The number of fused-ring (bicyclic) bond motifs is 1. The van der Waals surface area contributed by atoms with Gasteiger partial charge >= 0.3 is 0 Å². The summed E-state index contributed by atoms with van der Waals surface area (Å²) in [5, 5.41) is 0.630. The highest BCUT2D eigenvalue weighted by Crippen LogP contribution is 2.33. The van der Waals surface area contributed by atoms with Gasteiger partial charge in [0.2, 0.25) is 0 Å². The van der Waals surface area contributed by atoms with Crippen molar-refractivity contribution in [3.8, 4) is 5.75 Å². The van der Waals surface area contributed by atoms with Crippen LogP contribution in [-0.2, 0) is 13.8 Å². The number of nitrogens with zero attached hydrogens (tertiary/aromatic N) is 1. The number of halogens is 2. The van der Waals surface area contributed by atoms with Crippen molar-refractivity contribution in [2.75, 3.05) is 13.2 Å². The molecule has 0 aliphatic carbocycles. The summed E-state index contributed by atoms with van der Waals surface area (Å²) in [6, 6.07) is 6.03. The van der Waals surface area contributed by atoms with Gasteiger partial charge in [-0.2, -0.15) is 0 Å². The van der Waals surface area contributed by atoms with E-state index in [1.54, 1.807) is 12.1 Å². The van der Waals surface area contributed by atoms with Crippen molar-refractivity contribution in [1.82, 2.24) is 4.98 Å². The Morgan fingerprint density at radius 2 is 2.10 bits per heavy atom. The van der Waals surface area contributed by atoms with Crippen LogP contribution in [0.4, 0.5) is 0 Å². The molecule has 2 aromatic rings. The zero-order valence-electron chi connectivity index (χ0n) is 10.8. The summed E-state index contributed by atoms with van der Waals surface area (Å²) in [4.78, 5) is 4.15. The molecule has 112 valence electrons. The Balaban J connectivity index is 2.15. The molecule has 1 aliphatic rings. The van der Waals surface area contributed by atoms with Crippen LogP contribution in [0.5, 0.6) is 5.75 Å². The van der Waals surface area contributed by atoms with Gasteiger partial charge in [-0.15, -0.1) is 0 Å². The molecule has 0 spiro atoms. The van der Waals surface area contributed by atoms with Crippen molar-refractivity contribution in [2.24, 2.45) is 0 Å². The van der Waals surface area contributed by atoms with E-state index in [9.17, 15) is 8.42 Å². The normalized spacial score (nSPS) is 19.0. The molecular weight excluding hydrogens is 337 g/mol. The van der Waals surface area contributed by atoms with Crippen LogP contribution in [0.3, 0.4) is 0 Å². The second-order valence-corrected chi connectivity index (χ2v) is 7.55. The fourth-order valence-electron chi connectivity index (χ4n) is 2.24. The maximum absolute atomic E-state index is 11.6. The summed E-state index contributed by atoms with van der Waals surface area (Å²) in [5.74, 6) is 0.465. The van der Waals surface area contributed by atoms with Crippen LogP contribution >= 0.6 is 22.3 Å². The molecule has 0 bridgehead atoms. The van der Waals surface area contributed by atoms with Crippen molar-refractivity contribution < 1.29 is 17.9 Å². The lowest BCUT2D eigenvalue weighted by Gasteiger charge is -2.14. The molecule has 1 atom stereocenters. The summed E-state index contributed by atoms with van der Waals surface area (Å²) in [5.41, 5.74) is 0.371. The van der Waals surface area contributed by atoms with Gasteiger partial charge in [0.1, 0.15) is 22.5 Å². The molecule has 8 heteroatoms. The number of aromatic nitrogens is 1. The standard InChI is InChI=1S/C13H11Cl2NO4S/c14-12-4-1-9-11(21(15,17)18)3-2-10(13(9)16-12)20-8-5-6-19-7-8/h1-4,8H,5-7H2. The van der Waals surface area contributed by atoms with Crippen molar-refractivity contribution >= 4 is 42.2 Å². The Morgan fingerprint density at radius 1 is 1.29 bits per heavy atom. The molecule has 0 N–H and O–H groups in total. The van der Waals surface area contributed by atoms with E-state index < -0.39 is 9.05 Å². The molecule has 0 amide bonds. The molecule has 1 aromatic heterocycles. The molecule has 1 saturated heterocycles. The number of hydrogen-bond donors (Lipinski definition) is 0. The highest BCUT2D eigenvalue weighted by atomic mass is 35.7. The van der Waals surface area contributed by atoms with Gasteiger partial charge in [0.25, 0.3) is 9.05 Å². The summed E-state index contributed by atoms with van der Waals surface area (Å²) in [6.07, 6.45) is 0.699. The van der Waals surface area contributed by atoms with E-state index in [1.807, 2.05) is 0 Å². The van der Waals surface area contributed by atoms with E-state index in [-0.39, 0.29) is 16.2 Å². The van der Waals surface area contributed by atoms with Crippen LogP contribution in [0.2, 0.25) is 5.15 Å². The Morgan fingerprint density at radius 3 is 2.76 bits per heavy atom. The minimum atomic E-state index is -3.88. The second-order valence-electron chi connectivity index (χ2n) is 4.63. The zero-order chi connectivity index (χ0) is 15.0. The molecule has 1 fully saturated rings. The fraction of sp³-hybridized carbons (Fsp3) is 0.308. The number of hydrogen-bond acceptors (Lipinski definition) is 5. The fourth-order valence-corrected chi connectivity index (χ4v) is 3.44. The predicted octanol–water partition coefficient (Wildman–Crippen LogP) is 2.98. The van der Waals surface area contributed by atoms with Gasteiger partial charge in [0.15, 0.2) is 0 Å². The van der Waals surface area contributed by atoms with Gasteiger partial charge in [-0.05, 0) is 24.3 Å². The second kappa shape index (κ2) is 5.61. The molecule has 1 aromatic carbocycles. The van der Waals surface area contributed by atoms with Crippen LogP contribution < -0.4 is 4.74 Å². The average Bonchev–Trinajstić information content (AvgIpc) is 2.91. The first-order valence-electron chi connectivity index (χ1n) is 6.23. The van der Waals surface area contributed by atoms with Gasteiger partial charge in [-0.25, -0.2) is 13.4 Å². The topological polar surface area (TPSA) is 65.5 Å². The predicted molar refractivity (Wildman–Crippen MR) is 79.6 cm³/mol. The molecule has 0 saturated carbocycles. The van der Waals surface area contributed by atoms with Crippen LogP contribution in [-0.4, -0.2) is 32.7 Å². The minimum Gasteiger partial charge on any atom is -0.486 e. The number of ether oxygens (including phenoxy) is 2. The Labute approximate surface area is 131 Å². The molecule has 1 aliphatic heterocycles. The van der Waals surface area contributed by atoms with Gasteiger partial charge in [-0.1, -0.05) is 11.6 Å². The first-order valence-corrected chi connectivity index (χ1v) is 8.92. The van der Waals surface area contributed by atoms with E-state index in [0.29, 0.717) is 29.9 Å². The first-order chi connectivity index (χ1) is 9.95. The minimum absolute atomic E-state index is 0.0154. The Hall–Kier alpha value is -1.08. The average molecular weight is 348 g/mol. The third-order valence-electron chi connectivity index (χ3n) is 3.19. The maximum Gasteiger partial charge on any atom is 0.261 e. The molecule has 21 heavy (non-hydrogen) atoms. The van der Waals surface area contributed by atoms with Crippen LogP contribution in [0.15, 0.2) is 29.2 Å². The number of pyridine rings is 1. The highest BCUT2D eigenvalue weighted by Gasteiger charge is 2.22. The van der Waals surface area contributed by atoms with E-state index in [1.165, 1.54) is 12.1 Å². The van der Waals surface area contributed by atoms with E-state index in [4.69, 9.17) is 31.8 Å². The smallest absolute Gasteiger partial charge is 0.261 e. The van der Waals surface area contributed by atoms with Gasteiger partial charge in [-0.3, -0.25) is 0 Å². The Kier molecular flexibility index (Phi) is 3.96. The molecule has 1 unspecified atom stereocenters. The number of rotatable bonds is 3. The van der Waals surface area contributed by atoms with Crippen LogP contribution in [0, 0.1) is 0 Å². The molecule has 0 radical (unpaired) electrons. The third kappa shape index (κ3) is 3.08. The summed E-state index contributed by atoms with van der Waals surface area (Å²) in [6.45, 7) is 1.14. The molecule has 2 heterocycles. The Bertz CT molecular complexity index is 788. The van der Waals surface area contributed by atoms with Gasteiger partial charge in [0.05, 0.1) is 18.1 Å². The first kappa shape index (κ1) is 14.8. The van der Waals surface area contributed by atoms with Crippen molar-refractivity contribution in [1.29, 1.82) is 0 Å². The zero-order valence-corrected chi connectivity index (χ0v) is 13.1. The SMILES string of the molecule is O=S(=O)(Cl)c1ccc(OC2CCOC2)c2nc(Cl)ccc12. The lowest BCUT2D eigenvalue weighted by Crippen LogP contribution is -2.16. The summed E-state index contributed by atoms with van der Waals surface area (Å²) >= 11 is 5.90. The van der Waals surface area contributed by atoms with Crippen molar-refractivity contribution in [2.45, 2.75) is 17.4 Å².